The van der Waals surface area contributed by atoms with E-state index in [0.717, 1.165) is 10.9 Å². The van der Waals surface area contributed by atoms with Gasteiger partial charge in [0.1, 0.15) is 5.69 Å². The first kappa shape index (κ1) is 13.6. The van der Waals surface area contributed by atoms with Gasteiger partial charge in [-0.25, -0.2) is 0 Å². The Morgan fingerprint density at radius 1 is 1.26 bits per heavy atom. The second kappa shape index (κ2) is 5.88. The van der Waals surface area contributed by atoms with E-state index in [0.29, 0.717) is 29.5 Å². The number of ether oxygens (including phenoxy) is 2. The molecule has 2 rings (SSSR count). The van der Waals surface area contributed by atoms with E-state index in [4.69, 9.17) is 9.47 Å². The van der Waals surface area contributed by atoms with Crippen molar-refractivity contribution >= 4 is 29.4 Å². The molecule has 2 N–H and O–H groups in total. The lowest BCUT2D eigenvalue weighted by Gasteiger charge is -2.06. The van der Waals surface area contributed by atoms with Crippen molar-refractivity contribution in [1.29, 1.82) is 0 Å². The first-order valence-electron chi connectivity index (χ1n) is 5.83. The van der Waals surface area contributed by atoms with Crippen LogP contribution in [-0.4, -0.2) is 37.4 Å². The Morgan fingerprint density at radius 2 is 1.95 bits per heavy atom. The zero-order valence-corrected chi connectivity index (χ0v) is 11.7. The highest BCUT2D eigenvalue weighted by atomic mass is 32.1. The number of aromatic amines is 1. The highest BCUT2D eigenvalue weighted by Crippen LogP contribution is 2.32. The topological polar surface area (TPSA) is 63.3 Å². The zero-order valence-electron chi connectivity index (χ0n) is 10.8. The number of H-pyrrole nitrogens is 1. The largest absolute Gasteiger partial charge is 0.493 e. The predicted molar refractivity (Wildman–Crippen MR) is 77.6 cm³/mol. The van der Waals surface area contributed by atoms with Crippen molar-refractivity contribution < 1.29 is 14.3 Å². The van der Waals surface area contributed by atoms with E-state index >= 15 is 0 Å². The fraction of sp³-hybridized carbons (Fsp3) is 0.308. The number of carbonyl (C=O) groups is 1. The van der Waals surface area contributed by atoms with Gasteiger partial charge in [0, 0.05) is 29.3 Å². The molecule has 5 nitrogen and oxygen atoms in total. The first-order valence-corrected chi connectivity index (χ1v) is 6.46. The molecule has 0 saturated heterocycles. The van der Waals surface area contributed by atoms with Crippen LogP contribution >= 0.6 is 12.6 Å². The summed E-state index contributed by atoms with van der Waals surface area (Å²) in [5.41, 5.74) is 1.33. The van der Waals surface area contributed by atoms with Gasteiger partial charge < -0.3 is 19.8 Å². The minimum absolute atomic E-state index is 0.150. The third kappa shape index (κ3) is 2.78. The fourth-order valence-corrected chi connectivity index (χ4v) is 1.96. The van der Waals surface area contributed by atoms with Crippen LogP contribution in [0.25, 0.3) is 10.9 Å². The number of thiol groups is 1. The van der Waals surface area contributed by atoms with Crippen LogP contribution in [0.2, 0.25) is 0 Å². The molecule has 6 heteroatoms. The average molecular weight is 280 g/mol. The maximum absolute atomic E-state index is 11.8. The average Bonchev–Trinajstić information content (AvgIpc) is 2.85. The van der Waals surface area contributed by atoms with Crippen molar-refractivity contribution in [2.24, 2.45) is 0 Å². The molecule has 1 amide bonds. The monoisotopic (exact) mass is 280 g/mol. The molecule has 0 aliphatic carbocycles. The van der Waals surface area contributed by atoms with Crippen LogP contribution in [0.4, 0.5) is 0 Å². The summed E-state index contributed by atoms with van der Waals surface area (Å²) in [5, 5.41) is 3.65. The quantitative estimate of drug-likeness (QED) is 0.732. The number of fused-ring (bicyclic) bond motifs is 1. The third-order valence-electron chi connectivity index (χ3n) is 2.77. The molecule has 1 aromatic heterocycles. The summed E-state index contributed by atoms with van der Waals surface area (Å²) in [6.45, 7) is 0.532. The number of hydrogen-bond acceptors (Lipinski definition) is 4. The van der Waals surface area contributed by atoms with Crippen molar-refractivity contribution in [3.8, 4) is 11.5 Å². The molecule has 1 heterocycles. The molecule has 19 heavy (non-hydrogen) atoms. The lowest BCUT2D eigenvalue weighted by atomic mass is 10.2. The summed E-state index contributed by atoms with van der Waals surface area (Å²) in [5.74, 6) is 1.71. The summed E-state index contributed by atoms with van der Waals surface area (Å²) in [6, 6.07) is 5.43. The second-order valence-corrected chi connectivity index (χ2v) is 4.40. The van der Waals surface area contributed by atoms with Crippen molar-refractivity contribution in [2.75, 3.05) is 26.5 Å². The van der Waals surface area contributed by atoms with Gasteiger partial charge in [-0.15, -0.1) is 0 Å². The SMILES string of the molecule is COc1cc2cc(C(=O)NCCS)[nH]c2cc1OC. The van der Waals surface area contributed by atoms with Gasteiger partial charge in [0.05, 0.1) is 14.2 Å². The van der Waals surface area contributed by atoms with Crippen LogP contribution in [0.15, 0.2) is 18.2 Å². The van der Waals surface area contributed by atoms with E-state index in [1.807, 2.05) is 12.1 Å². The Kier molecular flexibility index (Phi) is 4.21. The molecule has 0 aliphatic heterocycles. The van der Waals surface area contributed by atoms with E-state index in [9.17, 15) is 4.79 Å². The molecule has 102 valence electrons. The highest BCUT2D eigenvalue weighted by Gasteiger charge is 2.12. The number of amides is 1. The molecule has 0 spiro atoms. The summed E-state index contributed by atoms with van der Waals surface area (Å²) >= 11 is 4.05. The molecule has 0 saturated carbocycles. The molecule has 0 bridgehead atoms. The van der Waals surface area contributed by atoms with Crippen molar-refractivity contribution in [1.82, 2.24) is 10.3 Å². The normalized spacial score (nSPS) is 10.5. The smallest absolute Gasteiger partial charge is 0.267 e. The van der Waals surface area contributed by atoms with Crippen molar-refractivity contribution in [3.63, 3.8) is 0 Å². The van der Waals surface area contributed by atoms with Gasteiger partial charge in [-0.05, 0) is 12.1 Å². The maximum atomic E-state index is 11.8. The minimum Gasteiger partial charge on any atom is -0.493 e. The van der Waals surface area contributed by atoms with E-state index in [-0.39, 0.29) is 5.91 Å². The van der Waals surface area contributed by atoms with E-state index < -0.39 is 0 Å². The number of aromatic nitrogens is 1. The first-order chi connectivity index (χ1) is 9.19. The lowest BCUT2D eigenvalue weighted by molar-refractivity contribution is 0.0952. The van der Waals surface area contributed by atoms with E-state index in [1.165, 1.54) is 0 Å². The van der Waals surface area contributed by atoms with Crippen LogP contribution in [-0.2, 0) is 0 Å². The molecule has 0 unspecified atom stereocenters. The predicted octanol–water partition coefficient (Wildman–Crippen LogP) is 1.84. The number of benzene rings is 1. The number of methoxy groups -OCH3 is 2. The molecule has 1 aromatic carbocycles. The summed E-state index contributed by atoms with van der Waals surface area (Å²) in [4.78, 5) is 14.9. The van der Waals surface area contributed by atoms with Gasteiger partial charge >= 0.3 is 0 Å². The third-order valence-corrected chi connectivity index (χ3v) is 2.99. The van der Waals surface area contributed by atoms with Crippen LogP contribution in [0.1, 0.15) is 10.5 Å². The van der Waals surface area contributed by atoms with Crippen LogP contribution in [0, 0.1) is 0 Å². The zero-order chi connectivity index (χ0) is 13.8. The molecular formula is C13H16N2O3S. The van der Waals surface area contributed by atoms with Crippen LogP contribution in [0.5, 0.6) is 11.5 Å². The van der Waals surface area contributed by atoms with Gasteiger partial charge in [-0.2, -0.15) is 12.6 Å². The van der Waals surface area contributed by atoms with Crippen molar-refractivity contribution in [2.45, 2.75) is 0 Å². The Bertz CT molecular complexity index is 554. The minimum atomic E-state index is -0.150. The number of rotatable bonds is 5. The molecule has 0 radical (unpaired) electrons. The standard InChI is InChI=1S/C13H16N2O3S/c1-17-11-6-8-5-10(13(16)14-3-4-19)15-9(8)7-12(11)18-2/h5-7,15,19H,3-4H2,1-2H3,(H,14,16). The second-order valence-electron chi connectivity index (χ2n) is 3.96. The van der Waals surface area contributed by atoms with Gasteiger partial charge in [0.15, 0.2) is 11.5 Å². The van der Waals surface area contributed by atoms with Crippen molar-refractivity contribution in [3.05, 3.63) is 23.9 Å². The molecule has 0 atom stereocenters. The van der Waals surface area contributed by atoms with Crippen LogP contribution in [0.3, 0.4) is 0 Å². The maximum Gasteiger partial charge on any atom is 0.267 e. The molecular weight excluding hydrogens is 264 g/mol. The van der Waals surface area contributed by atoms with Gasteiger partial charge in [0.2, 0.25) is 0 Å². The Hall–Kier alpha value is -1.82. The highest BCUT2D eigenvalue weighted by molar-refractivity contribution is 7.80. The Morgan fingerprint density at radius 3 is 2.58 bits per heavy atom. The van der Waals surface area contributed by atoms with Gasteiger partial charge in [0.25, 0.3) is 5.91 Å². The van der Waals surface area contributed by atoms with Crippen LogP contribution < -0.4 is 14.8 Å². The van der Waals surface area contributed by atoms with Gasteiger partial charge in [-0.1, -0.05) is 0 Å². The number of hydrogen-bond donors (Lipinski definition) is 3. The Balaban J connectivity index is 2.37. The number of nitrogens with one attached hydrogen (secondary N) is 2. The fourth-order valence-electron chi connectivity index (χ4n) is 1.85. The Labute approximate surface area is 116 Å². The molecule has 0 aliphatic rings. The summed E-state index contributed by atoms with van der Waals surface area (Å²) in [7, 11) is 3.16. The molecule has 0 fully saturated rings. The molecule has 2 aromatic rings. The van der Waals surface area contributed by atoms with E-state index in [1.54, 1.807) is 20.3 Å². The summed E-state index contributed by atoms with van der Waals surface area (Å²) < 4.78 is 10.5. The number of carbonyl (C=O) groups excluding carboxylic acids is 1. The summed E-state index contributed by atoms with van der Waals surface area (Å²) in [6.07, 6.45) is 0. The van der Waals surface area contributed by atoms with E-state index in [2.05, 4.69) is 22.9 Å². The van der Waals surface area contributed by atoms with Gasteiger partial charge in [-0.3, -0.25) is 4.79 Å². The lowest BCUT2D eigenvalue weighted by Crippen LogP contribution is -2.25.